The molecule has 0 aromatic heterocycles. The van der Waals surface area contributed by atoms with Crippen LogP contribution in [-0.2, 0) is 11.2 Å². The maximum absolute atomic E-state index is 13.2. The maximum atomic E-state index is 13.2. The van der Waals surface area contributed by atoms with Gasteiger partial charge in [-0.2, -0.15) is 11.8 Å². The largest absolute Gasteiger partial charge is 0.388 e. The molecule has 0 radical (unpaired) electrons. The van der Waals surface area contributed by atoms with Gasteiger partial charge in [-0.25, -0.2) is 4.39 Å². The third-order valence-electron chi connectivity index (χ3n) is 6.27. The van der Waals surface area contributed by atoms with Gasteiger partial charge in [0.15, 0.2) is 0 Å². The average Bonchev–Trinajstić information content (AvgIpc) is 2.75. The van der Waals surface area contributed by atoms with Gasteiger partial charge in [0.2, 0.25) is 0 Å². The van der Waals surface area contributed by atoms with E-state index in [0.717, 1.165) is 37.2 Å². The van der Waals surface area contributed by atoms with Gasteiger partial charge in [-0.3, -0.25) is 4.90 Å². The van der Waals surface area contributed by atoms with Gasteiger partial charge in [0.1, 0.15) is 5.82 Å². The summed E-state index contributed by atoms with van der Waals surface area (Å²) in [7, 11) is 1.81. The number of nitrogens with zero attached hydrogens (tertiary/aromatic N) is 1. The Bertz CT molecular complexity index is 619. The molecule has 2 fully saturated rings. The van der Waals surface area contributed by atoms with Crippen LogP contribution in [0.25, 0.3) is 0 Å². The van der Waals surface area contributed by atoms with Crippen LogP contribution in [0.1, 0.15) is 99.5 Å². The lowest BCUT2D eigenvalue weighted by Gasteiger charge is -2.41. The lowest BCUT2D eigenvalue weighted by Crippen LogP contribution is -2.49. The Kier molecular flexibility index (Phi) is 19.8. The van der Waals surface area contributed by atoms with Crippen molar-refractivity contribution in [3.63, 3.8) is 0 Å². The van der Waals surface area contributed by atoms with E-state index in [4.69, 9.17) is 4.74 Å². The highest BCUT2D eigenvalue weighted by Crippen LogP contribution is 2.31. The van der Waals surface area contributed by atoms with E-state index < -0.39 is 0 Å². The molecule has 0 saturated carbocycles. The van der Waals surface area contributed by atoms with Crippen LogP contribution in [0.3, 0.4) is 0 Å². The van der Waals surface area contributed by atoms with Crippen LogP contribution < -0.4 is 5.32 Å². The van der Waals surface area contributed by atoms with Gasteiger partial charge in [0, 0.05) is 37.9 Å². The molecule has 35 heavy (non-hydrogen) atoms. The number of rotatable bonds is 9. The molecule has 3 rings (SSSR count). The topological polar surface area (TPSA) is 24.5 Å². The second-order valence-corrected chi connectivity index (χ2v) is 11.2. The number of benzene rings is 1. The van der Waals surface area contributed by atoms with E-state index >= 15 is 0 Å². The standard InChI is InChI=1S/C15H31NO.C10H14FN.C3H6S.C2H6/c1-6-8-15(5,9-7-2)12-16-10-13(3)17-14(4)11-16;1-3-5-8-9(11)6-4-7-10(8)12-2;1-2-4-3-1;1-2/h13-14H,6-12H2,1-5H3;4,6-7,12H,3,5H2,1-2H3;1-3H2;1-2H3. The fourth-order valence-corrected chi connectivity index (χ4v) is 5.17. The fraction of sp³-hybridized carbons (Fsp3) is 0.800. The van der Waals surface area contributed by atoms with Gasteiger partial charge < -0.3 is 10.1 Å². The van der Waals surface area contributed by atoms with Gasteiger partial charge in [-0.1, -0.05) is 66.9 Å². The van der Waals surface area contributed by atoms with Crippen molar-refractivity contribution < 1.29 is 9.13 Å². The highest BCUT2D eigenvalue weighted by atomic mass is 32.2. The molecule has 3 nitrogen and oxygen atoms in total. The first-order valence-electron chi connectivity index (χ1n) is 14.2. The number of halogens is 1. The monoisotopic (exact) mass is 512 g/mol. The zero-order valence-electron chi connectivity index (χ0n) is 24.5. The van der Waals surface area contributed by atoms with E-state index in [1.54, 1.807) is 6.07 Å². The molecule has 5 heteroatoms. The molecule has 0 spiro atoms. The number of hydrogen-bond donors (Lipinski definition) is 1. The number of hydrogen-bond acceptors (Lipinski definition) is 4. The normalized spacial score (nSPS) is 19.6. The predicted octanol–water partition coefficient (Wildman–Crippen LogP) is 8.67. The van der Waals surface area contributed by atoms with Crippen molar-refractivity contribution in [2.75, 3.05) is 43.5 Å². The van der Waals surface area contributed by atoms with Crippen molar-refractivity contribution in [2.45, 2.75) is 113 Å². The zero-order valence-corrected chi connectivity index (χ0v) is 25.3. The highest BCUT2D eigenvalue weighted by Gasteiger charge is 2.29. The van der Waals surface area contributed by atoms with Crippen molar-refractivity contribution in [2.24, 2.45) is 5.41 Å². The van der Waals surface area contributed by atoms with Gasteiger partial charge in [-0.15, -0.1) is 0 Å². The van der Waals surface area contributed by atoms with Crippen molar-refractivity contribution in [1.29, 1.82) is 0 Å². The molecule has 0 amide bonds. The molecule has 0 aliphatic carbocycles. The van der Waals surface area contributed by atoms with E-state index in [0.29, 0.717) is 17.6 Å². The summed E-state index contributed by atoms with van der Waals surface area (Å²) in [6, 6.07) is 5.13. The Hall–Kier alpha value is -0.780. The molecule has 206 valence electrons. The number of nitrogens with one attached hydrogen (secondary N) is 1. The van der Waals surface area contributed by atoms with Crippen molar-refractivity contribution in [1.82, 2.24) is 4.90 Å². The SMILES string of the molecule is C1CSC1.CC.CCCC(C)(CCC)CN1CC(C)OC(C)C1.CCCc1c(F)cccc1NC. The summed E-state index contributed by atoms with van der Waals surface area (Å²) in [5.41, 5.74) is 2.19. The van der Waals surface area contributed by atoms with Gasteiger partial charge in [0.25, 0.3) is 0 Å². The minimum Gasteiger partial charge on any atom is -0.388 e. The number of anilines is 1. The van der Waals surface area contributed by atoms with E-state index in [9.17, 15) is 4.39 Å². The summed E-state index contributed by atoms with van der Waals surface area (Å²) in [5, 5.41) is 2.98. The minimum absolute atomic E-state index is 0.108. The van der Waals surface area contributed by atoms with Gasteiger partial charge in [-0.05, 0) is 68.6 Å². The van der Waals surface area contributed by atoms with Crippen LogP contribution in [0.2, 0.25) is 0 Å². The Labute approximate surface area is 222 Å². The van der Waals surface area contributed by atoms with Crippen molar-refractivity contribution in [3.05, 3.63) is 29.6 Å². The Balaban J connectivity index is 0.000000553. The van der Waals surface area contributed by atoms with E-state index in [1.165, 1.54) is 56.2 Å². The summed E-state index contributed by atoms with van der Waals surface area (Å²) in [4.78, 5) is 2.62. The summed E-state index contributed by atoms with van der Waals surface area (Å²) in [5.74, 6) is 2.73. The number of thioether (sulfide) groups is 1. The first-order chi connectivity index (χ1) is 16.8. The van der Waals surface area contributed by atoms with Crippen LogP contribution in [0, 0.1) is 11.2 Å². The molecule has 1 aromatic carbocycles. The Morgan fingerprint density at radius 1 is 1.03 bits per heavy atom. The molecule has 1 aromatic rings. The zero-order chi connectivity index (χ0) is 26.7. The number of morpholine rings is 1. The van der Waals surface area contributed by atoms with Crippen molar-refractivity contribution >= 4 is 17.4 Å². The lowest BCUT2D eigenvalue weighted by atomic mass is 9.80. The predicted molar refractivity (Wildman–Crippen MR) is 158 cm³/mol. The maximum Gasteiger partial charge on any atom is 0.128 e. The first kappa shape index (κ1) is 34.2. The third-order valence-corrected chi connectivity index (χ3v) is 7.43. The summed E-state index contributed by atoms with van der Waals surface area (Å²) < 4.78 is 19.0. The average molecular weight is 513 g/mol. The number of ether oxygens (including phenoxy) is 1. The molecule has 2 atom stereocenters. The quantitative estimate of drug-likeness (QED) is 0.358. The molecule has 2 unspecified atom stereocenters. The molecular formula is C30H57FN2OS. The molecular weight excluding hydrogens is 455 g/mol. The fourth-order valence-electron chi connectivity index (χ4n) is 4.88. The Morgan fingerprint density at radius 2 is 1.54 bits per heavy atom. The molecule has 2 heterocycles. The van der Waals surface area contributed by atoms with Crippen LogP contribution in [-0.4, -0.2) is 55.3 Å². The molecule has 2 aliphatic rings. The summed E-state index contributed by atoms with van der Waals surface area (Å²) in [6.45, 7) is 21.0. The summed E-state index contributed by atoms with van der Waals surface area (Å²) in [6.07, 6.45) is 9.31. The molecule has 2 aliphatic heterocycles. The van der Waals surface area contributed by atoms with Crippen LogP contribution in [0.15, 0.2) is 18.2 Å². The van der Waals surface area contributed by atoms with Crippen LogP contribution >= 0.6 is 11.8 Å². The third kappa shape index (κ3) is 14.5. The Morgan fingerprint density at radius 3 is 1.94 bits per heavy atom. The van der Waals surface area contributed by atoms with E-state index in [-0.39, 0.29) is 5.82 Å². The molecule has 1 N–H and O–H groups in total. The second-order valence-electron chi connectivity index (χ2n) is 9.99. The van der Waals surface area contributed by atoms with Gasteiger partial charge >= 0.3 is 0 Å². The van der Waals surface area contributed by atoms with Gasteiger partial charge in [0.05, 0.1) is 12.2 Å². The van der Waals surface area contributed by atoms with Crippen molar-refractivity contribution in [3.8, 4) is 0 Å². The molecule has 0 bridgehead atoms. The van der Waals surface area contributed by atoms with Crippen LogP contribution in [0.5, 0.6) is 0 Å². The highest BCUT2D eigenvalue weighted by molar-refractivity contribution is 8.00. The first-order valence-corrected chi connectivity index (χ1v) is 15.3. The molecule has 2 saturated heterocycles. The lowest BCUT2D eigenvalue weighted by molar-refractivity contribution is -0.0778. The van der Waals surface area contributed by atoms with Crippen LogP contribution in [0.4, 0.5) is 10.1 Å². The smallest absolute Gasteiger partial charge is 0.128 e. The van der Waals surface area contributed by atoms with E-state index in [1.807, 2.05) is 45.6 Å². The summed E-state index contributed by atoms with van der Waals surface area (Å²) >= 11 is 2.04. The second kappa shape index (κ2) is 20.3. The minimum atomic E-state index is -0.108. The van der Waals surface area contributed by atoms with E-state index in [2.05, 4.69) is 44.8 Å².